The van der Waals surface area contributed by atoms with Crippen LogP contribution in [0.25, 0.3) is 0 Å². The normalized spacial score (nSPS) is 11.8. The molecule has 0 saturated carbocycles. The van der Waals surface area contributed by atoms with E-state index in [0.717, 1.165) is 22.7 Å². The van der Waals surface area contributed by atoms with Crippen molar-refractivity contribution in [3.63, 3.8) is 0 Å². The topological polar surface area (TPSA) is 75.7 Å². The molecule has 0 aliphatic heterocycles. The Bertz CT molecular complexity index is 963. The molecular formula is C17H16ClF3N2O4S. The molecule has 6 nitrogen and oxygen atoms in total. The third-order valence-corrected chi connectivity index (χ3v) is 4.86. The van der Waals surface area contributed by atoms with Crippen LogP contribution in [-0.4, -0.2) is 33.5 Å². The summed E-state index contributed by atoms with van der Waals surface area (Å²) in [6, 6.07) is 9.09. The zero-order valence-electron chi connectivity index (χ0n) is 14.7. The highest BCUT2D eigenvalue weighted by molar-refractivity contribution is 7.92. The monoisotopic (exact) mass is 436 g/mol. The summed E-state index contributed by atoms with van der Waals surface area (Å²) >= 11 is 5.92. The second-order valence-electron chi connectivity index (χ2n) is 5.82. The second-order valence-corrected chi connectivity index (χ2v) is 8.16. The standard InChI is InChI=1S/C17H16ClF3N2O4S/c1-11-3-4-12(18)9-15(11)23(28(2,25)26)10-16(24)22-13-5-7-14(8-6-13)27-17(19,20)21/h3-9H,10H2,1-2H3,(H,22,24). The summed E-state index contributed by atoms with van der Waals surface area (Å²) in [5, 5.41) is 2.72. The van der Waals surface area contributed by atoms with Gasteiger partial charge >= 0.3 is 6.36 Å². The third-order valence-electron chi connectivity index (χ3n) is 3.50. The van der Waals surface area contributed by atoms with Crippen molar-refractivity contribution in [3.05, 3.63) is 53.1 Å². The Morgan fingerprint density at radius 2 is 1.79 bits per heavy atom. The van der Waals surface area contributed by atoms with Crippen LogP contribution in [0.2, 0.25) is 5.02 Å². The maximum absolute atomic E-state index is 12.3. The average Bonchev–Trinajstić information content (AvgIpc) is 2.54. The lowest BCUT2D eigenvalue weighted by Gasteiger charge is -2.23. The number of carbonyl (C=O) groups excluding carboxylic acids is 1. The van der Waals surface area contributed by atoms with E-state index in [-0.39, 0.29) is 11.4 Å². The zero-order chi connectivity index (χ0) is 21.1. The van der Waals surface area contributed by atoms with Gasteiger partial charge in [-0.25, -0.2) is 8.42 Å². The number of alkyl halides is 3. The number of sulfonamides is 1. The van der Waals surface area contributed by atoms with Gasteiger partial charge in [-0.05, 0) is 48.9 Å². The molecule has 152 valence electrons. The van der Waals surface area contributed by atoms with Crippen LogP contribution in [-0.2, 0) is 14.8 Å². The number of rotatable bonds is 6. The Morgan fingerprint density at radius 3 is 2.32 bits per heavy atom. The highest BCUT2D eigenvalue weighted by Gasteiger charge is 2.31. The molecule has 2 aromatic rings. The molecular weight excluding hydrogens is 421 g/mol. The first-order valence-corrected chi connectivity index (χ1v) is 9.97. The van der Waals surface area contributed by atoms with Crippen molar-refractivity contribution < 1.29 is 31.1 Å². The van der Waals surface area contributed by atoms with Crippen molar-refractivity contribution in [2.75, 3.05) is 22.4 Å². The van der Waals surface area contributed by atoms with Crippen molar-refractivity contribution in [1.29, 1.82) is 0 Å². The van der Waals surface area contributed by atoms with E-state index in [0.29, 0.717) is 10.6 Å². The van der Waals surface area contributed by atoms with Gasteiger partial charge in [0.05, 0.1) is 11.9 Å². The van der Waals surface area contributed by atoms with Crippen molar-refractivity contribution in [2.45, 2.75) is 13.3 Å². The van der Waals surface area contributed by atoms with Crippen LogP contribution in [0.1, 0.15) is 5.56 Å². The summed E-state index contributed by atoms with van der Waals surface area (Å²) < 4.78 is 65.4. The molecule has 0 fully saturated rings. The number of amides is 1. The van der Waals surface area contributed by atoms with Gasteiger partial charge in [0.15, 0.2) is 0 Å². The van der Waals surface area contributed by atoms with Crippen molar-refractivity contribution in [3.8, 4) is 5.75 Å². The number of nitrogens with zero attached hydrogens (tertiary/aromatic N) is 1. The Morgan fingerprint density at radius 1 is 1.18 bits per heavy atom. The van der Waals surface area contributed by atoms with Crippen molar-refractivity contribution in [1.82, 2.24) is 0 Å². The summed E-state index contributed by atoms with van der Waals surface area (Å²) in [7, 11) is -3.80. The van der Waals surface area contributed by atoms with Gasteiger partial charge in [0.25, 0.3) is 0 Å². The number of hydrogen-bond donors (Lipinski definition) is 1. The van der Waals surface area contributed by atoms with Crippen molar-refractivity contribution >= 4 is 38.9 Å². The maximum atomic E-state index is 12.3. The number of carbonyl (C=O) groups is 1. The van der Waals surface area contributed by atoms with Gasteiger partial charge in [-0.15, -0.1) is 13.2 Å². The second kappa shape index (κ2) is 8.27. The number of hydrogen-bond acceptors (Lipinski definition) is 4. The minimum Gasteiger partial charge on any atom is -0.406 e. The van der Waals surface area contributed by atoms with Gasteiger partial charge in [-0.2, -0.15) is 0 Å². The molecule has 0 saturated heterocycles. The van der Waals surface area contributed by atoms with Crippen molar-refractivity contribution in [2.24, 2.45) is 0 Å². The molecule has 0 aromatic heterocycles. The Labute approximate surface area is 164 Å². The van der Waals surface area contributed by atoms with E-state index >= 15 is 0 Å². The number of nitrogens with one attached hydrogen (secondary N) is 1. The van der Waals surface area contributed by atoms with E-state index in [1.807, 2.05) is 0 Å². The van der Waals surface area contributed by atoms with Crippen LogP contribution < -0.4 is 14.4 Å². The molecule has 2 rings (SSSR count). The van der Waals surface area contributed by atoms with Crippen LogP contribution in [0.4, 0.5) is 24.5 Å². The fraction of sp³-hybridized carbons (Fsp3) is 0.235. The lowest BCUT2D eigenvalue weighted by molar-refractivity contribution is -0.274. The molecule has 28 heavy (non-hydrogen) atoms. The smallest absolute Gasteiger partial charge is 0.406 e. The molecule has 0 aliphatic rings. The first-order valence-electron chi connectivity index (χ1n) is 7.75. The number of halogens is 4. The van der Waals surface area contributed by atoms with E-state index in [1.165, 1.54) is 18.2 Å². The number of aryl methyl sites for hydroxylation is 1. The summed E-state index contributed by atoms with van der Waals surface area (Å²) in [4.78, 5) is 12.3. The first-order chi connectivity index (χ1) is 12.8. The van der Waals surface area contributed by atoms with E-state index in [4.69, 9.17) is 11.6 Å². The first kappa shape index (κ1) is 21.8. The molecule has 0 bridgehead atoms. The summed E-state index contributed by atoms with van der Waals surface area (Å²) in [5.74, 6) is -1.13. The third kappa shape index (κ3) is 6.31. The van der Waals surface area contributed by atoms with Gasteiger partial charge in [0.1, 0.15) is 12.3 Å². The molecule has 0 spiro atoms. The predicted octanol–water partition coefficient (Wildman–Crippen LogP) is 3.95. The molecule has 0 unspecified atom stereocenters. The number of ether oxygens (including phenoxy) is 1. The van der Waals surface area contributed by atoms with E-state index < -0.39 is 34.6 Å². The van der Waals surface area contributed by atoms with E-state index in [9.17, 15) is 26.4 Å². The SMILES string of the molecule is Cc1ccc(Cl)cc1N(CC(=O)Nc1ccc(OC(F)(F)F)cc1)S(C)(=O)=O. The lowest BCUT2D eigenvalue weighted by Crippen LogP contribution is -2.37. The Balaban J connectivity index is 2.15. The molecule has 0 radical (unpaired) electrons. The molecule has 1 amide bonds. The van der Waals surface area contributed by atoms with Crippen LogP contribution >= 0.6 is 11.6 Å². The quantitative estimate of drug-likeness (QED) is 0.744. The summed E-state index contributed by atoms with van der Waals surface area (Å²) in [6.07, 6.45) is -3.88. The van der Waals surface area contributed by atoms with Crippen LogP contribution in [0.3, 0.4) is 0 Å². The van der Waals surface area contributed by atoms with Gasteiger partial charge < -0.3 is 10.1 Å². The van der Waals surface area contributed by atoms with Crippen LogP contribution in [0.5, 0.6) is 5.75 Å². The molecule has 0 atom stereocenters. The van der Waals surface area contributed by atoms with Crippen LogP contribution in [0.15, 0.2) is 42.5 Å². The summed E-state index contributed by atoms with van der Waals surface area (Å²) in [6.45, 7) is 1.13. The van der Waals surface area contributed by atoms with E-state index in [2.05, 4.69) is 10.1 Å². The van der Waals surface area contributed by atoms with Gasteiger partial charge in [0.2, 0.25) is 15.9 Å². The largest absolute Gasteiger partial charge is 0.573 e. The fourth-order valence-electron chi connectivity index (χ4n) is 2.30. The van der Waals surface area contributed by atoms with Gasteiger partial charge in [-0.3, -0.25) is 9.10 Å². The molecule has 0 aliphatic carbocycles. The summed E-state index contributed by atoms with van der Waals surface area (Å²) in [5.41, 5.74) is 1.02. The highest BCUT2D eigenvalue weighted by Crippen LogP contribution is 2.27. The molecule has 0 heterocycles. The zero-order valence-corrected chi connectivity index (χ0v) is 16.3. The highest BCUT2D eigenvalue weighted by atomic mass is 35.5. The number of anilines is 2. The molecule has 1 N–H and O–H groups in total. The fourth-order valence-corrected chi connectivity index (χ4v) is 3.38. The molecule has 2 aromatic carbocycles. The lowest BCUT2D eigenvalue weighted by atomic mass is 10.2. The minimum atomic E-state index is -4.82. The average molecular weight is 437 g/mol. The number of benzene rings is 2. The molecule has 11 heteroatoms. The van der Waals surface area contributed by atoms with Gasteiger partial charge in [-0.1, -0.05) is 17.7 Å². The maximum Gasteiger partial charge on any atom is 0.573 e. The minimum absolute atomic E-state index is 0.177. The predicted molar refractivity (Wildman–Crippen MR) is 100 cm³/mol. The Kier molecular flexibility index (Phi) is 6.45. The van der Waals surface area contributed by atoms with E-state index in [1.54, 1.807) is 19.1 Å². The van der Waals surface area contributed by atoms with Crippen LogP contribution in [0, 0.1) is 6.92 Å². The van der Waals surface area contributed by atoms with Gasteiger partial charge in [0, 0.05) is 10.7 Å². The Hall–Kier alpha value is -2.46.